The van der Waals surface area contributed by atoms with E-state index in [1.165, 1.54) is 7.05 Å². The Morgan fingerprint density at radius 1 is 1.39 bits per heavy atom. The van der Waals surface area contributed by atoms with E-state index in [0.717, 1.165) is 5.01 Å². The molecule has 96 valence electrons. The molecular weight excluding hydrogens is 234 g/mol. The van der Waals surface area contributed by atoms with Gasteiger partial charge in [-0.3, -0.25) is 4.79 Å². The molecule has 3 amide bonds. The van der Waals surface area contributed by atoms with Crippen LogP contribution in [0, 0.1) is 0 Å². The molecule has 1 fully saturated rings. The second-order valence-corrected chi connectivity index (χ2v) is 4.15. The number of hydrazine groups is 1. The zero-order valence-corrected chi connectivity index (χ0v) is 10.5. The molecule has 0 bridgehead atoms. The van der Waals surface area contributed by atoms with Gasteiger partial charge in [0, 0.05) is 7.05 Å². The van der Waals surface area contributed by atoms with Gasteiger partial charge in [0.25, 0.3) is 5.91 Å². The SMILES string of the molecule is CNN1C(=O)NC(C)(c2cccc(OC)c2)C1=O. The fraction of sp³-hybridized carbons (Fsp3) is 0.333. The van der Waals surface area contributed by atoms with Crippen LogP contribution in [0.25, 0.3) is 0 Å². The molecule has 0 saturated carbocycles. The molecule has 18 heavy (non-hydrogen) atoms. The fourth-order valence-corrected chi connectivity index (χ4v) is 1.97. The van der Waals surface area contributed by atoms with Gasteiger partial charge in [-0.05, 0) is 24.6 Å². The molecule has 1 saturated heterocycles. The number of benzene rings is 1. The maximum atomic E-state index is 12.2. The first-order valence-corrected chi connectivity index (χ1v) is 5.51. The molecule has 6 heteroatoms. The van der Waals surface area contributed by atoms with Crippen LogP contribution < -0.4 is 15.5 Å². The lowest BCUT2D eigenvalue weighted by Gasteiger charge is -2.22. The van der Waals surface area contributed by atoms with Crippen LogP contribution in [0.1, 0.15) is 12.5 Å². The van der Waals surface area contributed by atoms with Crippen LogP contribution in [-0.4, -0.2) is 31.1 Å². The predicted octanol–water partition coefficient (Wildman–Crippen LogP) is 0.597. The number of methoxy groups -OCH3 is 1. The third-order valence-electron chi connectivity index (χ3n) is 3.06. The molecule has 0 spiro atoms. The summed E-state index contributed by atoms with van der Waals surface area (Å²) in [4.78, 5) is 23.9. The first-order valence-electron chi connectivity index (χ1n) is 5.51. The van der Waals surface area contributed by atoms with E-state index in [9.17, 15) is 9.59 Å². The van der Waals surface area contributed by atoms with Crippen molar-refractivity contribution in [2.45, 2.75) is 12.5 Å². The summed E-state index contributed by atoms with van der Waals surface area (Å²) in [5.74, 6) is 0.293. The third kappa shape index (κ3) is 1.70. The van der Waals surface area contributed by atoms with Crippen molar-refractivity contribution in [2.75, 3.05) is 14.2 Å². The molecule has 1 aromatic rings. The Morgan fingerprint density at radius 3 is 2.67 bits per heavy atom. The number of rotatable bonds is 3. The predicted molar refractivity (Wildman–Crippen MR) is 64.8 cm³/mol. The van der Waals surface area contributed by atoms with Gasteiger partial charge in [0.2, 0.25) is 0 Å². The summed E-state index contributed by atoms with van der Waals surface area (Å²) < 4.78 is 5.12. The number of imide groups is 1. The number of hydrogen-bond donors (Lipinski definition) is 2. The molecule has 1 aliphatic heterocycles. The topological polar surface area (TPSA) is 70.7 Å². The number of carbonyl (C=O) groups is 2. The number of hydrogen-bond acceptors (Lipinski definition) is 4. The molecule has 1 heterocycles. The largest absolute Gasteiger partial charge is 0.497 e. The zero-order chi connectivity index (χ0) is 13.3. The van der Waals surface area contributed by atoms with Crippen molar-refractivity contribution in [2.24, 2.45) is 0 Å². The number of nitrogens with zero attached hydrogens (tertiary/aromatic N) is 1. The highest BCUT2D eigenvalue weighted by atomic mass is 16.5. The summed E-state index contributed by atoms with van der Waals surface area (Å²) in [6.07, 6.45) is 0. The molecular formula is C12H15N3O3. The molecule has 0 aromatic heterocycles. The third-order valence-corrected chi connectivity index (χ3v) is 3.06. The Kier molecular flexibility index (Phi) is 2.96. The molecule has 0 aliphatic carbocycles. The van der Waals surface area contributed by atoms with Gasteiger partial charge in [-0.2, -0.15) is 5.01 Å². The van der Waals surface area contributed by atoms with Crippen molar-refractivity contribution >= 4 is 11.9 Å². The standard InChI is InChI=1S/C12H15N3O3/c1-12(8-5-4-6-9(7-8)18-3)10(16)15(13-2)11(17)14-12/h4-7,13H,1-3H3,(H,14,17). The maximum absolute atomic E-state index is 12.2. The number of urea groups is 1. The van der Waals surface area contributed by atoms with E-state index in [2.05, 4.69) is 10.7 Å². The lowest BCUT2D eigenvalue weighted by Crippen LogP contribution is -2.43. The van der Waals surface area contributed by atoms with Crippen LogP contribution in [0.5, 0.6) is 5.75 Å². The van der Waals surface area contributed by atoms with Crippen LogP contribution >= 0.6 is 0 Å². The molecule has 6 nitrogen and oxygen atoms in total. The van der Waals surface area contributed by atoms with E-state index in [-0.39, 0.29) is 5.91 Å². The Hall–Kier alpha value is -2.08. The minimum atomic E-state index is -1.07. The quantitative estimate of drug-likeness (QED) is 0.769. The first-order chi connectivity index (χ1) is 8.52. The van der Waals surface area contributed by atoms with E-state index in [4.69, 9.17) is 4.74 Å². The second kappa shape index (κ2) is 4.30. The van der Waals surface area contributed by atoms with Crippen LogP contribution in [0.3, 0.4) is 0 Å². The van der Waals surface area contributed by atoms with E-state index in [1.807, 2.05) is 0 Å². The monoisotopic (exact) mass is 249 g/mol. The van der Waals surface area contributed by atoms with Crippen molar-refractivity contribution < 1.29 is 14.3 Å². The second-order valence-electron chi connectivity index (χ2n) is 4.15. The highest BCUT2D eigenvalue weighted by molar-refractivity contribution is 6.06. The van der Waals surface area contributed by atoms with Gasteiger partial charge in [-0.15, -0.1) is 0 Å². The molecule has 2 rings (SSSR count). The van der Waals surface area contributed by atoms with E-state index >= 15 is 0 Å². The first kappa shape index (κ1) is 12.4. The van der Waals surface area contributed by atoms with E-state index in [1.54, 1.807) is 38.3 Å². The van der Waals surface area contributed by atoms with Crippen molar-refractivity contribution in [1.82, 2.24) is 15.8 Å². The zero-order valence-electron chi connectivity index (χ0n) is 10.5. The average molecular weight is 249 g/mol. The van der Waals surface area contributed by atoms with Gasteiger partial charge in [0.15, 0.2) is 0 Å². The smallest absolute Gasteiger partial charge is 0.340 e. The summed E-state index contributed by atoms with van der Waals surface area (Å²) in [6.45, 7) is 1.67. The molecule has 2 N–H and O–H groups in total. The van der Waals surface area contributed by atoms with E-state index < -0.39 is 11.6 Å². The normalized spacial score (nSPS) is 23.2. The summed E-state index contributed by atoms with van der Waals surface area (Å²) in [7, 11) is 3.07. The van der Waals surface area contributed by atoms with Crippen LogP contribution in [-0.2, 0) is 10.3 Å². The summed E-state index contributed by atoms with van der Waals surface area (Å²) in [6, 6.07) is 6.61. The van der Waals surface area contributed by atoms with Gasteiger partial charge in [0.1, 0.15) is 11.3 Å². The summed E-state index contributed by atoms with van der Waals surface area (Å²) in [5, 5.41) is 3.63. The lowest BCUT2D eigenvalue weighted by atomic mass is 9.92. The van der Waals surface area contributed by atoms with Crippen LogP contribution in [0.4, 0.5) is 4.79 Å². The van der Waals surface area contributed by atoms with Crippen LogP contribution in [0.2, 0.25) is 0 Å². The molecule has 1 unspecified atom stereocenters. The van der Waals surface area contributed by atoms with Crippen molar-refractivity contribution in [1.29, 1.82) is 0 Å². The Labute approximate surface area is 105 Å². The van der Waals surface area contributed by atoms with Gasteiger partial charge in [-0.1, -0.05) is 12.1 Å². The summed E-state index contributed by atoms with van der Waals surface area (Å²) in [5.41, 5.74) is 2.16. The van der Waals surface area contributed by atoms with Crippen LogP contribution in [0.15, 0.2) is 24.3 Å². The van der Waals surface area contributed by atoms with Crippen molar-refractivity contribution in [3.8, 4) is 5.75 Å². The van der Waals surface area contributed by atoms with Gasteiger partial charge in [-0.25, -0.2) is 10.2 Å². The average Bonchev–Trinajstić information content (AvgIpc) is 2.61. The number of amides is 3. The van der Waals surface area contributed by atoms with Crippen molar-refractivity contribution in [3.05, 3.63) is 29.8 Å². The molecule has 1 aliphatic rings. The number of nitrogens with one attached hydrogen (secondary N) is 2. The lowest BCUT2D eigenvalue weighted by molar-refractivity contribution is -0.132. The minimum Gasteiger partial charge on any atom is -0.497 e. The Bertz CT molecular complexity index is 503. The molecule has 0 radical (unpaired) electrons. The highest BCUT2D eigenvalue weighted by Crippen LogP contribution is 2.29. The van der Waals surface area contributed by atoms with E-state index in [0.29, 0.717) is 11.3 Å². The highest BCUT2D eigenvalue weighted by Gasteiger charge is 2.49. The summed E-state index contributed by atoms with van der Waals surface area (Å²) >= 11 is 0. The molecule has 1 atom stereocenters. The van der Waals surface area contributed by atoms with Gasteiger partial charge < -0.3 is 10.1 Å². The number of carbonyl (C=O) groups excluding carboxylic acids is 2. The number of ether oxygens (including phenoxy) is 1. The Balaban J connectivity index is 2.43. The maximum Gasteiger partial charge on any atom is 0.340 e. The van der Waals surface area contributed by atoms with Gasteiger partial charge >= 0.3 is 6.03 Å². The van der Waals surface area contributed by atoms with Gasteiger partial charge in [0.05, 0.1) is 7.11 Å². The Morgan fingerprint density at radius 2 is 2.11 bits per heavy atom. The van der Waals surface area contributed by atoms with Crippen molar-refractivity contribution in [3.63, 3.8) is 0 Å². The molecule has 1 aromatic carbocycles. The minimum absolute atomic E-state index is 0.344. The fourth-order valence-electron chi connectivity index (χ4n) is 1.97.